The number of phosphoric acid groups is 2. The summed E-state index contributed by atoms with van der Waals surface area (Å²) in [6, 6.07) is 0. The van der Waals surface area contributed by atoms with Crippen LogP contribution in [0.25, 0.3) is 0 Å². The summed E-state index contributed by atoms with van der Waals surface area (Å²) in [5.41, 5.74) is 0. The third-order valence-electron chi connectivity index (χ3n) is 17.2. The van der Waals surface area contributed by atoms with Crippen LogP contribution in [0, 0.1) is 23.7 Å². The van der Waals surface area contributed by atoms with Gasteiger partial charge in [-0.05, 0) is 49.4 Å². The van der Waals surface area contributed by atoms with E-state index in [1.807, 2.05) is 0 Å². The number of hydrogen-bond donors (Lipinski definition) is 3. The minimum absolute atomic E-state index is 0.103. The topological polar surface area (TPSA) is 237 Å². The van der Waals surface area contributed by atoms with Crippen molar-refractivity contribution in [2.24, 2.45) is 23.7 Å². The van der Waals surface area contributed by atoms with E-state index in [0.29, 0.717) is 25.7 Å². The molecule has 0 fully saturated rings. The maximum Gasteiger partial charge on any atom is 0.472 e. The van der Waals surface area contributed by atoms with Crippen molar-refractivity contribution in [3.8, 4) is 0 Å². The molecule has 546 valence electrons. The third-order valence-corrected chi connectivity index (χ3v) is 19.1. The molecule has 0 saturated heterocycles. The molecule has 4 unspecified atom stereocenters. The largest absolute Gasteiger partial charge is 0.472 e. The summed E-state index contributed by atoms with van der Waals surface area (Å²) >= 11 is 0. The molecule has 0 aromatic carbocycles. The van der Waals surface area contributed by atoms with Crippen molar-refractivity contribution in [2.45, 2.75) is 382 Å². The van der Waals surface area contributed by atoms with Gasteiger partial charge in [-0.15, -0.1) is 0 Å². The Balaban J connectivity index is 5.20. The molecule has 6 atom stereocenters. The lowest BCUT2D eigenvalue weighted by Crippen LogP contribution is -2.30. The fourth-order valence-electron chi connectivity index (χ4n) is 11.0. The van der Waals surface area contributed by atoms with Crippen LogP contribution in [-0.2, 0) is 65.4 Å². The van der Waals surface area contributed by atoms with E-state index in [0.717, 1.165) is 114 Å². The highest BCUT2D eigenvalue weighted by atomic mass is 31.2. The number of aliphatic hydroxyl groups is 1. The van der Waals surface area contributed by atoms with Gasteiger partial charge >= 0.3 is 39.5 Å². The Bertz CT molecular complexity index is 1820. The first-order chi connectivity index (χ1) is 44.1. The van der Waals surface area contributed by atoms with E-state index in [1.54, 1.807) is 0 Å². The van der Waals surface area contributed by atoms with Gasteiger partial charge in [0.25, 0.3) is 0 Å². The van der Waals surface area contributed by atoms with Crippen LogP contribution in [0.15, 0.2) is 0 Å². The molecule has 0 aromatic heterocycles. The second-order valence-corrected chi connectivity index (χ2v) is 30.9. The van der Waals surface area contributed by atoms with E-state index in [9.17, 15) is 43.2 Å². The second kappa shape index (κ2) is 62.6. The average molecular weight is 1350 g/mol. The minimum atomic E-state index is -4.95. The lowest BCUT2D eigenvalue weighted by Gasteiger charge is -2.21. The van der Waals surface area contributed by atoms with Crippen molar-refractivity contribution in [3.05, 3.63) is 0 Å². The van der Waals surface area contributed by atoms with Crippen molar-refractivity contribution >= 4 is 39.5 Å². The van der Waals surface area contributed by atoms with E-state index < -0.39 is 97.5 Å². The molecule has 17 nitrogen and oxygen atoms in total. The first-order valence-corrected chi connectivity index (χ1v) is 40.7. The van der Waals surface area contributed by atoms with Gasteiger partial charge < -0.3 is 33.8 Å². The molecule has 0 aliphatic carbocycles. The van der Waals surface area contributed by atoms with Gasteiger partial charge in [0.15, 0.2) is 12.2 Å². The first kappa shape index (κ1) is 90.1. The summed E-state index contributed by atoms with van der Waals surface area (Å²) < 4.78 is 68.4. The van der Waals surface area contributed by atoms with Crippen LogP contribution >= 0.6 is 15.6 Å². The van der Waals surface area contributed by atoms with E-state index in [4.69, 9.17) is 37.0 Å². The molecule has 0 bridgehead atoms. The lowest BCUT2D eigenvalue weighted by atomic mass is 10.00. The van der Waals surface area contributed by atoms with E-state index in [2.05, 4.69) is 55.4 Å². The van der Waals surface area contributed by atoms with Gasteiger partial charge in [-0.1, -0.05) is 312 Å². The number of unbranched alkanes of at least 4 members (excludes halogenated alkanes) is 35. The Morgan fingerprint density at radius 1 is 0.304 bits per heavy atom. The summed E-state index contributed by atoms with van der Waals surface area (Å²) in [5, 5.41) is 10.6. The van der Waals surface area contributed by atoms with Gasteiger partial charge in [-0.2, -0.15) is 0 Å². The monoisotopic (exact) mass is 1350 g/mol. The Hall–Kier alpha value is -1.94. The number of phosphoric ester groups is 2. The molecular formula is C73H142O17P2. The van der Waals surface area contributed by atoms with Crippen LogP contribution in [0.3, 0.4) is 0 Å². The molecule has 0 heterocycles. The predicted octanol–water partition coefficient (Wildman–Crippen LogP) is 20.9. The summed E-state index contributed by atoms with van der Waals surface area (Å²) in [6.07, 6.45) is 45.9. The SMILES string of the molecule is CCC(C)CCCCCCCCC(=O)O[C@H](COC(=O)CCCCCCCCCCCCCCCCCC(C)C)COP(=O)(O)OCC(O)COP(=O)(O)OC[C@@H](COC(=O)CCCCCCCCCCC(C)C)OC(=O)CCCCCCCCCCCCC(C)C. The lowest BCUT2D eigenvalue weighted by molar-refractivity contribution is -0.161. The minimum Gasteiger partial charge on any atom is -0.462 e. The predicted molar refractivity (Wildman–Crippen MR) is 372 cm³/mol. The number of rotatable bonds is 70. The Morgan fingerprint density at radius 3 is 0.772 bits per heavy atom. The fourth-order valence-corrected chi connectivity index (χ4v) is 12.6. The third kappa shape index (κ3) is 65.4. The summed E-state index contributed by atoms with van der Waals surface area (Å²) in [7, 11) is -9.91. The van der Waals surface area contributed by atoms with E-state index in [-0.39, 0.29) is 25.7 Å². The van der Waals surface area contributed by atoms with Crippen LogP contribution in [0.1, 0.15) is 364 Å². The van der Waals surface area contributed by atoms with Crippen LogP contribution in [0.4, 0.5) is 0 Å². The smallest absolute Gasteiger partial charge is 0.462 e. The zero-order valence-electron chi connectivity index (χ0n) is 60.2. The maximum atomic E-state index is 13.0. The highest BCUT2D eigenvalue weighted by Crippen LogP contribution is 2.45. The Morgan fingerprint density at radius 2 is 0.522 bits per heavy atom. The molecule has 0 aliphatic heterocycles. The van der Waals surface area contributed by atoms with Crippen molar-refractivity contribution in [1.29, 1.82) is 0 Å². The zero-order chi connectivity index (χ0) is 68.2. The zero-order valence-corrected chi connectivity index (χ0v) is 62.0. The maximum absolute atomic E-state index is 13.0. The molecule has 3 N–H and O–H groups in total. The molecule has 0 rings (SSSR count). The van der Waals surface area contributed by atoms with Crippen LogP contribution in [0.5, 0.6) is 0 Å². The molecule has 92 heavy (non-hydrogen) atoms. The van der Waals surface area contributed by atoms with Gasteiger partial charge in [0.1, 0.15) is 19.3 Å². The highest BCUT2D eigenvalue weighted by molar-refractivity contribution is 7.47. The van der Waals surface area contributed by atoms with Crippen LogP contribution in [0.2, 0.25) is 0 Å². The number of ether oxygens (including phenoxy) is 4. The Kier molecular flexibility index (Phi) is 61.3. The molecule has 0 aromatic rings. The van der Waals surface area contributed by atoms with Gasteiger partial charge in [0.05, 0.1) is 26.4 Å². The van der Waals surface area contributed by atoms with Gasteiger partial charge in [0.2, 0.25) is 0 Å². The Labute approximate surface area is 562 Å². The molecule has 19 heteroatoms. The van der Waals surface area contributed by atoms with Gasteiger partial charge in [0, 0.05) is 25.7 Å². The first-order valence-electron chi connectivity index (χ1n) is 37.7. The van der Waals surface area contributed by atoms with Crippen molar-refractivity contribution < 1.29 is 80.2 Å². The molecule has 0 aliphatic rings. The molecule has 0 saturated carbocycles. The summed E-state index contributed by atoms with van der Waals surface area (Å²) in [4.78, 5) is 72.6. The number of carbonyl (C=O) groups is 4. The molecule has 0 amide bonds. The highest BCUT2D eigenvalue weighted by Gasteiger charge is 2.30. The molecule has 0 spiro atoms. The van der Waals surface area contributed by atoms with Gasteiger partial charge in [-0.3, -0.25) is 37.3 Å². The van der Waals surface area contributed by atoms with Crippen molar-refractivity contribution in [2.75, 3.05) is 39.6 Å². The van der Waals surface area contributed by atoms with Crippen molar-refractivity contribution in [3.63, 3.8) is 0 Å². The number of esters is 4. The van der Waals surface area contributed by atoms with Crippen LogP contribution < -0.4 is 0 Å². The van der Waals surface area contributed by atoms with E-state index in [1.165, 1.54) is 167 Å². The van der Waals surface area contributed by atoms with Crippen LogP contribution in [-0.4, -0.2) is 96.7 Å². The number of aliphatic hydroxyl groups excluding tert-OH is 1. The summed E-state index contributed by atoms with van der Waals surface area (Å²) in [6.45, 7) is 14.1. The average Bonchev–Trinajstić information content (AvgIpc) is 3.05. The van der Waals surface area contributed by atoms with Crippen molar-refractivity contribution in [1.82, 2.24) is 0 Å². The number of hydrogen-bond acceptors (Lipinski definition) is 15. The molecular weight excluding hydrogens is 1210 g/mol. The fraction of sp³-hybridized carbons (Fsp3) is 0.945. The number of carbonyl (C=O) groups excluding carboxylic acids is 4. The standard InChI is InChI=1S/C73H142O17P2/c1-9-66(8)52-44-36-31-32-40-48-56-73(78)90-69(60-83-70(75)53-45-37-28-21-16-14-12-10-11-13-15-19-25-33-41-49-63(2)3)62-88-92(81,82)86-58-67(74)57-85-91(79,80)87-61-68(59-84-71(76)54-46-38-29-24-23-27-35-43-51-65(6)7)89-72(77)55-47-39-30-22-18-17-20-26-34-42-50-64(4)5/h63-69,74H,9-62H2,1-8H3,(H,79,80)(H,81,82)/t66?,67?,68-,69-/m1/s1. The molecule has 0 radical (unpaired) electrons. The quantitative estimate of drug-likeness (QED) is 0.0222. The second-order valence-electron chi connectivity index (χ2n) is 28.0. The van der Waals surface area contributed by atoms with E-state index >= 15 is 0 Å². The summed E-state index contributed by atoms with van der Waals surface area (Å²) in [5.74, 6) is 0.876. The normalized spacial score (nSPS) is 14.5. The van der Waals surface area contributed by atoms with Gasteiger partial charge in [-0.25, -0.2) is 9.13 Å².